The average Bonchev–Trinajstić information content (AvgIpc) is 3.31. The number of carbonyl (C=O) groups excluding carboxylic acids is 1. The van der Waals surface area contributed by atoms with E-state index in [1.165, 1.54) is 41.8 Å². The molecule has 0 saturated carbocycles. The fraction of sp³-hybridized carbons (Fsp3) is 0.0556. The van der Waals surface area contributed by atoms with E-state index in [0.29, 0.717) is 16.5 Å². The van der Waals surface area contributed by atoms with E-state index in [1.807, 2.05) is 25.3 Å². The topological polar surface area (TPSA) is 105 Å². The van der Waals surface area contributed by atoms with E-state index in [2.05, 4.69) is 20.0 Å². The Kier molecular flexibility index (Phi) is 4.57. The maximum atomic E-state index is 12.4. The van der Waals surface area contributed by atoms with Crippen molar-refractivity contribution in [1.82, 2.24) is 14.4 Å². The number of nitrogens with one attached hydrogen (secondary N) is 2. The standard InChI is InChI=1S/C18H15N5O3S2/c1-12-6-8-23-11-15(21-16(23)10-12)17(24)20-13-2-4-14(5-3-13)28(25,26)22-18-19-7-9-27-18/h2-11H,1H3,(H,19,22)(H,20,24). The molecular weight excluding hydrogens is 398 g/mol. The van der Waals surface area contributed by atoms with Crippen LogP contribution in [-0.4, -0.2) is 28.7 Å². The van der Waals surface area contributed by atoms with Crippen molar-refractivity contribution in [1.29, 1.82) is 0 Å². The molecule has 0 bridgehead atoms. The van der Waals surface area contributed by atoms with Crippen LogP contribution < -0.4 is 10.0 Å². The number of fused-ring (bicyclic) bond motifs is 1. The van der Waals surface area contributed by atoms with Gasteiger partial charge in [0.2, 0.25) is 0 Å². The number of pyridine rings is 1. The van der Waals surface area contributed by atoms with Gasteiger partial charge in [0.1, 0.15) is 11.3 Å². The van der Waals surface area contributed by atoms with E-state index in [4.69, 9.17) is 0 Å². The molecule has 0 aliphatic carbocycles. The van der Waals surface area contributed by atoms with Crippen molar-refractivity contribution in [2.45, 2.75) is 11.8 Å². The molecule has 0 atom stereocenters. The second-order valence-corrected chi connectivity index (χ2v) is 8.59. The quantitative estimate of drug-likeness (QED) is 0.523. The predicted octanol–water partition coefficient (Wildman–Crippen LogP) is 3.15. The molecule has 28 heavy (non-hydrogen) atoms. The number of hydrogen-bond donors (Lipinski definition) is 2. The fourth-order valence-corrected chi connectivity index (χ4v) is 4.34. The molecule has 1 amide bonds. The summed E-state index contributed by atoms with van der Waals surface area (Å²) in [6, 6.07) is 9.68. The Morgan fingerprint density at radius 1 is 1.18 bits per heavy atom. The number of aromatic nitrogens is 3. The third kappa shape index (κ3) is 3.73. The molecule has 0 spiro atoms. The zero-order chi connectivity index (χ0) is 19.7. The van der Waals surface area contributed by atoms with Crippen LogP contribution in [0.2, 0.25) is 0 Å². The van der Waals surface area contributed by atoms with E-state index in [-0.39, 0.29) is 16.5 Å². The van der Waals surface area contributed by atoms with Crippen molar-refractivity contribution < 1.29 is 13.2 Å². The minimum Gasteiger partial charge on any atom is -0.321 e. The summed E-state index contributed by atoms with van der Waals surface area (Å²) in [7, 11) is -3.73. The van der Waals surface area contributed by atoms with Crippen molar-refractivity contribution in [2.24, 2.45) is 0 Å². The number of hydrogen-bond acceptors (Lipinski definition) is 6. The first kappa shape index (κ1) is 18.1. The highest BCUT2D eigenvalue weighted by atomic mass is 32.2. The molecule has 4 rings (SSSR count). The average molecular weight is 413 g/mol. The lowest BCUT2D eigenvalue weighted by atomic mass is 10.3. The SMILES string of the molecule is Cc1ccn2cc(C(=O)Nc3ccc(S(=O)(=O)Nc4nccs4)cc3)nc2c1. The Balaban J connectivity index is 1.49. The number of carbonyl (C=O) groups is 1. The summed E-state index contributed by atoms with van der Waals surface area (Å²) >= 11 is 1.19. The zero-order valence-electron chi connectivity index (χ0n) is 14.7. The van der Waals surface area contributed by atoms with Crippen LogP contribution in [0, 0.1) is 6.92 Å². The maximum Gasteiger partial charge on any atom is 0.275 e. The van der Waals surface area contributed by atoms with Gasteiger partial charge in [-0.25, -0.2) is 18.4 Å². The van der Waals surface area contributed by atoms with Crippen LogP contribution in [0.1, 0.15) is 16.1 Å². The first-order chi connectivity index (χ1) is 13.4. The minimum absolute atomic E-state index is 0.0731. The Morgan fingerprint density at radius 3 is 2.68 bits per heavy atom. The second-order valence-electron chi connectivity index (χ2n) is 6.02. The Morgan fingerprint density at radius 2 is 1.96 bits per heavy atom. The van der Waals surface area contributed by atoms with Crippen molar-refractivity contribution in [2.75, 3.05) is 10.0 Å². The van der Waals surface area contributed by atoms with Crippen LogP contribution in [0.15, 0.2) is 65.3 Å². The second kappa shape index (κ2) is 7.06. The van der Waals surface area contributed by atoms with E-state index >= 15 is 0 Å². The highest BCUT2D eigenvalue weighted by molar-refractivity contribution is 7.93. The Labute approximate surface area is 164 Å². The number of amides is 1. The number of benzene rings is 1. The summed E-state index contributed by atoms with van der Waals surface area (Å²) in [6.45, 7) is 1.95. The molecule has 0 aliphatic heterocycles. The lowest BCUT2D eigenvalue weighted by Crippen LogP contribution is -2.14. The first-order valence-electron chi connectivity index (χ1n) is 8.20. The smallest absolute Gasteiger partial charge is 0.275 e. The number of thiazole rings is 1. The van der Waals surface area contributed by atoms with E-state index in [0.717, 1.165) is 5.56 Å². The molecule has 10 heteroatoms. The van der Waals surface area contributed by atoms with Gasteiger partial charge in [-0.15, -0.1) is 11.3 Å². The van der Waals surface area contributed by atoms with E-state index in [9.17, 15) is 13.2 Å². The molecule has 0 fully saturated rings. The molecule has 3 aromatic heterocycles. The summed E-state index contributed by atoms with van der Waals surface area (Å²) in [5, 5.41) is 4.69. The molecule has 142 valence electrons. The zero-order valence-corrected chi connectivity index (χ0v) is 16.3. The molecule has 0 unspecified atom stereocenters. The monoisotopic (exact) mass is 413 g/mol. The number of imidazole rings is 1. The highest BCUT2D eigenvalue weighted by Gasteiger charge is 2.16. The van der Waals surface area contributed by atoms with E-state index in [1.54, 1.807) is 16.0 Å². The third-order valence-electron chi connectivity index (χ3n) is 3.92. The lowest BCUT2D eigenvalue weighted by Gasteiger charge is -2.07. The van der Waals surface area contributed by atoms with Crippen molar-refractivity contribution in [3.8, 4) is 0 Å². The van der Waals surface area contributed by atoms with Crippen molar-refractivity contribution in [3.63, 3.8) is 0 Å². The predicted molar refractivity (Wildman–Crippen MR) is 107 cm³/mol. The van der Waals surface area contributed by atoms with Gasteiger partial charge >= 0.3 is 0 Å². The molecule has 2 N–H and O–H groups in total. The lowest BCUT2D eigenvalue weighted by molar-refractivity contribution is 0.102. The molecule has 8 nitrogen and oxygen atoms in total. The summed E-state index contributed by atoms with van der Waals surface area (Å²) < 4.78 is 28.8. The van der Waals surface area contributed by atoms with E-state index < -0.39 is 10.0 Å². The van der Waals surface area contributed by atoms with Gasteiger partial charge in [-0.3, -0.25) is 9.52 Å². The van der Waals surface area contributed by atoms with Crippen LogP contribution >= 0.6 is 11.3 Å². The summed E-state index contributed by atoms with van der Waals surface area (Å²) in [5.74, 6) is -0.377. The van der Waals surface area contributed by atoms with Gasteiger partial charge in [0, 0.05) is 29.7 Å². The number of sulfonamides is 1. The number of anilines is 2. The van der Waals surface area contributed by atoms with Gasteiger partial charge in [0.15, 0.2) is 5.13 Å². The Bertz CT molecular complexity index is 1250. The van der Waals surface area contributed by atoms with Gasteiger partial charge in [-0.2, -0.15) is 0 Å². The summed E-state index contributed by atoms with van der Waals surface area (Å²) in [4.78, 5) is 20.7. The molecule has 3 heterocycles. The largest absolute Gasteiger partial charge is 0.321 e. The third-order valence-corrected chi connectivity index (χ3v) is 6.10. The Hall–Kier alpha value is -3.24. The minimum atomic E-state index is -3.73. The molecule has 0 saturated heterocycles. The van der Waals surface area contributed by atoms with Gasteiger partial charge in [-0.05, 0) is 48.9 Å². The molecule has 0 aliphatic rings. The number of rotatable bonds is 5. The van der Waals surface area contributed by atoms with Crippen LogP contribution in [0.5, 0.6) is 0 Å². The van der Waals surface area contributed by atoms with Crippen LogP contribution in [0.25, 0.3) is 5.65 Å². The van der Waals surface area contributed by atoms with Gasteiger partial charge in [-0.1, -0.05) is 0 Å². The highest BCUT2D eigenvalue weighted by Crippen LogP contribution is 2.20. The molecule has 1 aromatic carbocycles. The molecule has 0 radical (unpaired) electrons. The van der Waals surface area contributed by atoms with Gasteiger partial charge < -0.3 is 9.72 Å². The van der Waals surface area contributed by atoms with Crippen LogP contribution in [0.3, 0.4) is 0 Å². The normalized spacial score (nSPS) is 11.5. The van der Waals surface area contributed by atoms with Gasteiger partial charge in [0.25, 0.3) is 15.9 Å². The summed E-state index contributed by atoms with van der Waals surface area (Å²) in [6.07, 6.45) is 4.99. The molecule has 4 aromatic rings. The number of aryl methyl sites for hydroxylation is 1. The van der Waals surface area contributed by atoms with Gasteiger partial charge in [0.05, 0.1) is 4.90 Å². The fourth-order valence-electron chi connectivity index (χ4n) is 2.55. The van der Waals surface area contributed by atoms with Crippen LogP contribution in [-0.2, 0) is 10.0 Å². The molecular formula is C18H15N5O3S2. The van der Waals surface area contributed by atoms with Crippen LogP contribution in [0.4, 0.5) is 10.8 Å². The summed E-state index contributed by atoms with van der Waals surface area (Å²) in [5.41, 5.74) is 2.47. The number of nitrogens with zero attached hydrogens (tertiary/aromatic N) is 3. The maximum absolute atomic E-state index is 12.4. The van der Waals surface area contributed by atoms with Crippen molar-refractivity contribution >= 4 is 43.7 Å². The van der Waals surface area contributed by atoms with Crippen molar-refractivity contribution in [3.05, 3.63) is 71.6 Å². The first-order valence-corrected chi connectivity index (χ1v) is 10.6.